The van der Waals surface area contributed by atoms with E-state index in [0.29, 0.717) is 16.9 Å². The molecule has 0 spiro atoms. The Morgan fingerprint density at radius 1 is 1.25 bits per heavy atom. The zero-order valence-corrected chi connectivity index (χ0v) is 10.3. The first-order chi connectivity index (χ1) is 9.69. The molecule has 0 saturated carbocycles. The van der Waals surface area contributed by atoms with Gasteiger partial charge in [-0.3, -0.25) is 10.2 Å². The fourth-order valence-corrected chi connectivity index (χ4v) is 1.86. The van der Waals surface area contributed by atoms with Crippen LogP contribution in [0.1, 0.15) is 10.4 Å². The molecule has 0 saturated heterocycles. The zero-order valence-electron chi connectivity index (χ0n) is 10.3. The number of rotatable bonds is 3. The second-order valence-corrected chi connectivity index (χ2v) is 4.07. The van der Waals surface area contributed by atoms with Crippen LogP contribution < -0.4 is 17.0 Å². The molecule has 0 atom stereocenters. The largest absolute Gasteiger partial charge is 0.366 e. The van der Waals surface area contributed by atoms with Gasteiger partial charge in [-0.1, -0.05) is 12.1 Å². The van der Waals surface area contributed by atoms with Crippen LogP contribution in [0.15, 0.2) is 36.7 Å². The standard InChI is InChI=1S/C12H11N7O/c13-10(20)7-5-15-19(6-7)11-8-3-1-2-4-9(8)16-12(17-11)18-14/h1-6H,14H2,(H2,13,20)(H,16,17,18). The summed E-state index contributed by atoms with van der Waals surface area (Å²) in [7, 11) is 0. The van der Waals surface area contributed by atoms with Gasteiger partial charge in [0.15, 0.2) is 5.82 Å². The van der Waals surface area contributed by atoms with Crippen LogP contribution >= 0.6 is 0 Å². The third-order valence-electron chi connectivity index (χ3n) is 2.80. The first-order valence-corrected chi connectivity index (χ1v) is 5.77. The molecule has 2 aromatic heterocycles. The Bertz CT molecular complexity index is 795. The number of carbonyl (C=O) groups is 1. The van der Waals surface area contributed by atoms with Gasteiger partial charge in [-0.05, 0) is 12.1 Å². The SMILES string of the molecule is NNc1nc(-n2cc(C(N)=O)cn2)c2ccccc2n1. The van der Waals surface area contributed by atoms with Gasteiger partial charge < -0.3 is 5.73 Å². The van der Waals surface area contributed by atoms with E-state index in [1.165, 1.54) is 17.1 Å². The van der Waals surface area contributed by atoms with Gasteiger partial charge in [0.25, 0.3) is 5.91 Å². The van der Waals surface area contributed by atoms with Crippen LogP contribution in [-0.2, 0) is 0 Å². The Kier molecular flexibility index (Phi) is 2.77. The number of hydrogen-bond acceptors (Lipinski definition) is 6. The smallest absolute Gasteiger partial charge is 0.251 e. The highest BCUT2D eigenvalue weighted by Crippen LogP contribution is 2.20. The number of hydrogen-bond donors (Lipinski definition) is 3. The van der Waals surface area contributed by atoms with Crippen LogP contribution in [0, 0.1) is 0 Å². The molecule has 0 fully saturated rings. The van der Waals surface area contributed by atoms with Crippen molar-refractivity contribution in [2.24, 2.45) is 11.6 Å². The lowest BCUT2D eigenvalue weighted by molar-refractivity contribution is 0.100. The van der Waals surface area contributed by atoms with Crippen molar-refractivity contribution >= 4 is 22.8 Å². The van der Waals surface area contributed by atoms with E-state index < -0.39 is 5.91 Å². The molecule has 0 radical (unpaired) electrons. The molecular formula is C12H11N7O. The molecule has 8 heteroatoms. The summed E-state index contributed by atoms with van der Waals surface area (Å²) in [5, 5.41) is 4.87. The van der Waals surface area contributed by atoms with E-state index in [9.17, 15) is 4.79 Å². The van der Waals surface area contributed by atoms with Gasteiger partial charge >= 0.3 is 0 Å². The summed E-state index contributed by atoms with van der Waals surface area (Å²) >= 11 is 0. The average molecular weight is 269 g/mol. The highest BCUT2D eigenvalue weighted by atomic mass is 16.1. The maximum Gasteiger partial charge on any atom is 0.251 e. The van der Waals surface area contributed by atoms with Crippen molar-refractivity contribution in [1.29, 1.82) is 0 Å². The number of nitrogens with one attached hydrogen (secondary N) is 1. The van der Waals surface area contributed by atoms with Crippen molar-refractivity contribution in [2.75, 3.05) is 5.43 Å². The van der Waals surface area contributed by atoms with Gasteiger partial charge in [0, 0.05) is 11.6 Å². The number of hydrazine groups is 1. The van der Waals surface area contributed by atoms with E-state index >= 15 is 0 Å². The van der Waals surface area contributed by atoms with E-state index in [2.05, 4.69) is 20.5 Å². The topological polar surface area (TPSA) is 125 Å². The molecule has 8 nitrogen and oxygen atoms in total. The number of aromatic nitrogens is 4. The molecule has 0 unspecified atom stereocenters. The molecule has 1 amide bonds. The van der Waals surface area contributed by atoms with Crippen molar-refractivity contribution in [1.82, 2.24) is 19.7 Å². The Labute approximate surface area is 113 Å². The van der Waals surface area contributed by atoms with E-state index in [1.807, 2.05) is 24.3 Å². The predicted molar refractivity (Wildman–Crippen MR) is 73.0 cm³/mol. The fraction of sp³-hybridized carbons (Fsp3) is 0. The van der Waals surface area contributed by atoms with Crippen molar-refractivity contribution < 1.29 is 4.79 Å². The van der Waals surface area contributed by atoms with Crippen LogP contribution in [-0.4, -0.2) is 25.7 Å². The minimum Gasteiger partial charge on any atom is -0.366 e. The summed E-state index contributed by atoms with van der Waals surface area (Å²) in [6, 6.07) is 7.41. The number of amides is 1. The summed E-state index contributed by atoms with van der Waals surface area (Å²) in [5.74, 6) is 5.58. The number of primary amides is 1. The van der Waals surface area contributed by atoms with Crippen LogP contribution in [0.4, 0.5) is 5.95 Å². The molecule has 0 aliphatic rings. The summed E-state index contributed by atoms with van der Waals surface area (Å²) in [6.07, 6.45) is 2.90. The second kappa shape index (κ2) is 4.59. The van der Waals surface area contributed by atoms with Crippen molar-refractivity contribution in [3.05, 3.63) is 42.2 Å². The number of benzene rings is 1. The number of nitrogens with two attached hydrogens (primary N) is 2. The molecule has 0 bridgehead atoms. The van der Waals surface area contributed by atoms with Gasteiger partial charge in [-0.15, -0.1) is 0 Å². The normalized spacial score (nSPS) is 10.7. The maximum atomic E-state index is 11.1. The van der Waals surface area contributed by atoms with E-state index in [1.54, 1.807) is 0 Å². The minimum atomic E-state index is -0.549. The summed E-state index contributed by atoms with van der Waals surface area (Å²) < 4.78 is 1.46. The highest BCUT2D eigenvalue weighted by Gasteiger charge is 2.11. The Hall–Kier alpha value is -3.00. The Morgan fingerprint density at radius 2 is 2.05 bits per heavy atom. The molecule has 20 heavy (non-hydrogen) atoms. The van der Waals surface area contributed by atoms with Crippen LogP contribution in [0.25, 0.3) is 16.7 Å². The Balaban J connectivity index is 2.25. The fourth-order valence-electron chi connectivity index (χ4n) is 1.86. The van der Waals surface area contributed by atoms with Gasteiger partial charge in [-0.2, -0.15) is 10.1 Å². The molecule has 2 heterocycles. The lowest BCUT2D eigenvalue weighted by atomic mass is 10.2. The van der Waals surface area contributed by atoms with Crippen molar-refractivity contribution in [3.8, 4) is 5.82 Å². The summed E-state index contributed by atoms with van der Waals surface area (Å²) in [4.78, 5) is 19.6. The van der Waals surface area contributed by atoms with E-state index in [-0.39, 0.29) is 5.95 Å². The molecule has 100 valence electrons. The molecule has 3 rings (SSSR count). The van der Waals surface area contributed by atoms with Crippen LogP contribution in [0.5, 0.6) is 0 Å². The van der Waals surface area contributed by atoms with Crippen LogP contribution in [0.2, 0.25) is 0 Å². The third kappa shape index (κ3) is 1.93. The summed E-state index contributed by atoms with van der Waals surface area (Å²) in [5.41, 5.74) is 8.63. The van der Waals surface area contributed by atoms with Crippen LogP contribution in [0.3, 0.4) is 0 Å². The second-order valence-electron chi connectivity index (χ2n) is 4.07. The number of carbonyl (C=O) groups excluding carboxylic acids is 1. The third-order valence-corrected chi connectivity index (χ3v) is 2.80. The van der Waals surface area contributed by atoms with Gasteiger partial charge in [0.2, 0.25) is 5.95 Å². The average Bonchev–Trinajstić information content (AvgIpc) is 2.96. The lowest BCUT2D eigenvalue weighted by Gasteiger charge is -2.07. The summed E-state index contributed by atoms with van der Waals surface area (Å²) in [6.45, 7) is 0. The maximum absolute atomic E-state index is 11.1. The number of para-hydroxylation sites is 1. The number of fused-ring (bicyclic) bond motifs is 1. The van der Waals surface area contributed by atoms with Gasteiger partial charge in [-0.25, -0.2) is 15.5 Å². The quantitative estimate of drug-likeness (QED) is 0.460. The number of nitrogen functional groups attached to an aromatic ring is 1. The first kappa shape index (κ1) is 12.1. The van der Waals surface area contributed by atoms with Gasteiger partial charge in [0.05, 0.1) is 17.3 Å². The lowest BCUT2D eigenvalue weighted by Crippen LogP contribution is -2.13. The minimum absolute atomic E-state index is 0.259. The molecule has 1 aromatic carbocycles. The predicted octanol–water partition coefficient (Wildman–Crippen LogP) is 0.200. The van der Waals surface area contributed by atoms with E-state index in [4.69, 9.17) is 11.6 Å². The van der Waals surface area contributed by atoms with E-state index in [0.717, 1.165) is 5.39 Å². The Morgan fingerprint density at radius 3 is 2.75 bits per heavy atom. The number of nitrogens with zero attached hydrogens (tertiary/aromatic N) is 4. The van der Waals surface area contributed by atoms with Crippen molar-refractivity contribution in [3.63, 3.8) is 0 Å². The first-order valence-electron chi connectivity index (χ1n) is 5.77. The zero-order chi connectivity index (χ0) is 14.1. The monoisotopic (exact) mass is 269 g/mol. The highest BCUT2D eigenvalue weighted by molar-refractivity contribution is 5.92. The molecule has 3 aromatic rings. The van der Waals surface area contributed by atoms with Gasteiger partial charge in [0.1, 0.15) is 0 Å². The molecule has 0 aliphatic heterocycles. The number of anilines is 1. The molecule has 5 N–H and O–H groups in total. The van der Waals surface area contributed by atoms with Crippen molar-refractivity contribution in [2.45, 2.75) is 0 Å². The molecule has 0 aliphatic carbocycles. The molecular weight excluding hydrogens is 258 g/mol.